The Kier molecular flexibility index (Phi) is 5.41. The second-order valence-corrected chi connectivity index (χ2v) is 8.75. The van der Waals surface area contributed by atoms with Gasteiger partial charge in [0.2, 0.25) is 5.91 Å². The molecule has 1 amide bonds. The van der Waals surface area contributed by atoms with Crippen LogP contribution in [0.1, 0.15) is 61.0 Å². The van der Waals surface area contributed by atoms with Crippen LogP contribution in [-0.4, -0.2) is 21.0 Å². The first kappa shape index (κ1) is 19.7. The van der Waals surface area contributed by atoms with E-state index in [9.17, 15) is 9.90 Å². The summed E-state index contributed by atoms with van der Waals surface area (Å²) in [5, 5.41) is 12.9. The summed E-state index contributed by atoms with van der Waals surface area (Å²) in [6.45, 7) is 0. The number of carbonyl (C=O) groups is 1. The number of fused-ring (bicyclic) bond motifs is 3. The summed E-state index contributed by atoms with van der Waals surface area (Å²) in [6.07, 6.45) is 7.78. The predicted molar refractivity (Wildman–Crippen MR) is 121 cm³/mol. The van der Waals surface area contributed by atoms with E-state index in [1.807, 2.05) is 24.3 Å². The SMILES string of the molecule is O=C(CC1CCCCC1)Nc1nc2c(nc1Cc1ccccc1)-c1ccc(O)cc1C2. The molecule has 2 aliphatic carbocycles. The van der Waals surface area contributed by atoms with Gasteiger partial charge in [-0.05, 0) is 48.1 Å². The number of benzene rings is 2. The summed E-state index contributed by atoms with van der Waals surface area (Å²) in [5.41, 5.74) is 5.64. The van der Waals surface area contributed by atoms with Crippen molar-refractivity contribution in [1.29, 1.82) is 0 Å². The van der Waals surface area contributed by atoms with Crippen molar-refractivity contribution in [3.8, 4) is 17.0 Å². The topological polar surface area (TPSA) is 75.1 Å². The third kappa shape index (κ3) is 4.31. The van der Waals surface area contributed by atoms with E-state index in [4.69, 9.17) is 9.97 Å². The molecule has 5 rings (SSSR count). The van der Waals surface area contributed by atoms with Crippen molar-refractivity contribution in [3.05, 3.63) is 71.0 Å². The first-order valence-electron chi connectivity index (χ1n) is 11.2. The second-order valence-electron chi connectivity index (χ2n) is 8.75. The van der Waals surface area contributed by atoms with Crippen molar-refractivity contribution in [2.45, 2.75) is 51.4 Å². The summed E-state index contributed by atoms with van der Waals surface area (Å²) in [7, 11) is 0. The lowest BCUT2D eigenvalue weighted by atomic mass is 9.87. The molecule has 5 nitrogen and oxygen atoms in total. The van der Waals surface area contributed by atoms with E-state index in [1.54, 1.807) is 12.1 Å². The molecule has 1 fully saturated rings. The molecule has 1 heterocycles. The molecule has 158 valence electrons. The zero-order valence-electron chi connectivity index (χ0n) is 17.6. The Morgan fingerprint density at radius 1 is 1.03 bits per heavy atom. The van der Waals surface area contributed by atoms with Gasteiger partial charge in [-0.1, -0.05) is 49.6 Å². The summed E-state index contributed by atoms with van der Waals surface area (Å²) in [6, 6.07) is 15.5. The molecule has 2 aromatic carbocycles. The van der Waals surface area contributed by atoms with Gasteiger partial charge in [0.05, 0.1) is 17.1 Å². The van der Waals surface area contributed by atoms with Crippen LogP contribution in [0.2, 0.25) is 0 Å². The molecule has 2 aliphatic rings. The van der Waals surface area contributed by atoms with Gasteiger partial charge in [-0.15, -0.1) is 0 Å². The van der Waals surface area contributed by atoms with Gasteiger partial charge in [0.15, 0.2) is 5.82 Å². The number of rotatable bonds is 5. The van der Waals surface area contributed by atoms with Crippen molar-refractivity contribution >= 4 is 11.7 Å². The van der Waals surface area contributed by atoms with Gasteiger partial charge >= 0.3 is 0 Å². The zero-order chi connectivity index (χ0) is 21.2. The van der Waals surface area contributed by atoms with E-state index < -0.39 is 0 Å². The largest absolute Gasteiger partial charge is 0.508 e. The molecule has 2 N–H and O–H groups in total. The zero-order valence-corrected chi connectivity index (χ0v) is 17.6. The van der Waals surface area contributed by atoms with Gasteiger partial charge in [0.1, 0.15) is 5.75 Å². The maximum atomic E-state index is 12.8. The number of phenols is 1. The lowest BCUT2D eigenvalue weighted by molar-refractivity contribution is -0.117. The molecule has 0 bridgehead atoms. The van der Waals surface area contributed by atoms with Gasteiger partial charge in [-0.25, -0.2) is 9.97 Å². The number of anilines is 1. The quantitative estimate of drug-likeness (QED) is 0.468. The number of hydrogen-bond acceptors (Lipinski definition) is 4. The highest BCUT2D eigenvalue weighted by Gasteiger charge is 2.25. The summed E-state index contributed by atoms with van der Waals surface area (Å²) in [5.74, 6) is 1.32. The van der Waals surface area contributed by atoms with Crippen molar-refractivity contribution in [1.82, 2.24) is 9.97 Å². The number of amides is 1. The second kappa shape index (κ2) is 8.50. The van der Waals surface area contributed by atoms with Crippen LogP contribution in [-0.2, 0) is 17.6 Å². The van der Waals surface area contributed by atoms with E-state index in [2.05, 4.69) is 17.4 Å². The predicted octanol–water partition coefficient (Wildman–Crippen LogP) is 5.25. The first-order valence-corrected chi connectivity index (χ1v) is 11.2. The minimum absolute atomic E-state index is 0.0311. The normalized spacial score (nSPS) is 15.4. The van der Waals surface area contributed by atoms with Crippen LogP contribution < -0.4 is 5.32 Å². The van der Waals surface area contributed by atoms with Crippen molar-refractivity contribution < 1.29 is 9.90 Å². The van der Waals surface area contributed by atoms with Crippen molar-refractivity contribution in [2.75, 3.05) is 5.32 Å². The maximum Gasteiger partial charge on any atom is 0.225 e. The molecule has 0 radical (unpaired) electrons. The third-order valence-corrected chi connectivity index (χ3v) is 6.41. The molecule has 1 saturated carbocycles. The van der Waals surface area contributed by atoms with Crippen molar-refractivity contribution in [2.24, 2.45) is 5.92 Å². The maximum absolute atomic E-state index is 12.8. The number of hydrogen-bond donors (Lipinski definition) is 2. The molecular weight excluding hydrogens is 386 g/mol. The van der Waals surface area contributed by atoms with Gasteiger partial charge in [0.25, 0.3) is 0 Å². The molecule has 0 atom stereocenters. The van der Waals surface area contributed by atoms with Gasteiger partial charge in [0, 0.05) is 24.8 Å². The fourth-order valence-electron chi connectivity index (χ4n) is 4.83. The molecule has 1 aromatic heterocycles. The number of aromatic nitrogens is 2. The molecule has 5 heteroatoms. The number of nitrogens with one attached hydrogen (secondary N) is 1. The number of nitrogens with zero attached hydrogens (tertiary/aromatic N) is 2. The molecule has 31 heavy (non-hydrogen) atoms. The highest BCUT2D eigenvalue weighted by molar-refractivity contribution is 5.91. The molecule has 0 spiro atoms. The minimum Gasteiger partial charge on any atom is -0.508 e. The number of carbonyl (C=O) groups excluding carboxylic acids is 1. The summed E-state index contributed by atoms with van der Waals surface area (Å²) < 4.78 is 0. The fourth-order valence-corrected chi connectivity index (χ4v) is 4.83. The van der Waals surface area contributed by atoms with Crippen LogP contribution >= 0.6 is 0 Å². The summed E-state index contributed by atoms with van der Waals surface area (Å²) >= 11 is 0. The number of aromatic hydroxyl groups is 1. The molecule has 3 aromatic rings. The van der Waals surface area contributed by atoms with Crippen LogP contribution in [0.4, 0.5) is 5.82 Å². The minimum atomic E-state index is 0.0311. The van der Waals surface area contributed by atoms with E-state index in [1.165, 1.54) is 19.3 Å². The Morgan fingerprint density at radius 3 is 2.65 bits per heavy atom. The lowest BCUT2D eigenvalue weighted by Gasteiger charge is -2.21. The molecule has 0 aliphatic heterocycles. The number of phenolic OH excluding ortho intramolecular Hbond substituents is 1. The van der Waals surface area contributed by atoms with E-state index in [0.717, 1.165) is 46.6 Å². The van der Waals surface area contributed by atoms with Gasteiger partial charge < -0.3 is 10.4 Å². The standard InChI is InChI=1S/C26H27N3O2/c30-20-11-12-21-19(15-20)16-22-25(21)27-23(13-17-7-3-1-4-8-17)26(28-22)29-24(31)14-18-9-5-2-6-10-18/h1,3-4,7-8,11-12,15,18,30H,2,5-6,9-10,13-14,16H2,(H,28,29,31). The van der Waals surface area contributed by atoms with E-state index in [-0.39, 0.29) is 11.7 Å². The van der Waals surface area contributed by atoms with E-state index in [0.29, 0.717) is 31.0 Å². The highest BCUT2D eigenvalue weighted by Crippen LogP contribution is 2.37. The Morgan fingerprint density at radius 2 is 1.84 bits per heavy atom. The van der Waals surface area contributed by atoms with Crippen molar-refractivity contribution in [3.63, 3.8) is 0 Å². The highest BCUT2D eigenvalue weighted by atomic mass is 16.3. The summed E-state index contributed by atoms with van der Waals surface area (Å²) in [4.78, 5) is 22.6. The van der Waals surface area contributed by atoms with Crippen LogP contribution in [0.15, 0.2) is 48.5 Å². The average Bonchev–Trinajstić information content (AvgIpc) is 3.11. The monoisotopic (exact) mass is 413 g/mol. The first-order chi connectivity index (χ1) is 15.2. The molecular formula is C26H27N3O2. The van der Waals surface area contributed by atoms with Gasteiger partial charge in [-0.2, -0.15) is 0 Å². The molecule has 0 saturated heterocycles. The van der Waals surface area contributed by atoms with Crippen LogP contribution in [0.25, 0.3) is 11.3 Å². The smallest absolute Gasteiger partial charge is 0.225 e. The van der Waals surface area contributed by atoms with E-state index >= 15 is 0 Å². The van der Waals surface area contributed by atoms with Crippen LogP contribution in [0.3, 0.4) is 0 Å². The Balaban J connectivity index is 1.45. The Bertz CT molecular complexity index is 1110. The Labute approximate surface area is 182 Å². The third-order valence-electron chi connectivity index (χ3n) is 6.41. The average molecular weight is 414 g/mol. The van der Waals surface area contributed by atoms with Gasteiger partial charge in [-0.3, -0.25) is 4.79 Å². The lowest BCUT2D eigenvalue weighted by Crippen LogP contribution is -2.20. The fraction of sp³-hybridized carbons (Fsp3) is 0.346. The van der Waals surface area contributed by atoms with Crippen LogP contribution in [0.5, 0.6) is 5.75 Å². The van der Waals surface area contributed by atoms with Crippen LogP contribution in [0, 0.1) is 5.92 Å². The Hall–Kier alpha value is -3.21. The molecule has 0 unspecified atom stereocenters.